The molecule has 0 fully saturated rings. The van der Waals surface area contributed by atoms with Crippen molar-refractivity contribution < 1.29 is 28.6 Å². The molecule has 0 radical (unpaired) electrons. The Kier molecular flexibility index (Phi) is 42.5. The highest BCUT2D eigenvalue weighted by molar-refractivity contribution is 5.71. The number of hydrogen-bond acceptors (Lipinski definition) is 6. The number of ether oxygens (including phenoxy) is 3. The van der Waals surface area contributed by atoms with Gasteiger partial charge in [0.2, 0.25) is 0 Å². The number of esters is 3. The van der Waals surface area contributed by atoms with E-state index in [0.717, 1.165) is 77.0 Å². The third-order valence-electron chi connectivity index (χ3n) is 9.77. The largest absolute Gasteiger partial charge is 0.462 e. The quantitative estimate of drug-likeness (QED) is 0.0266. The summed E-state index contributed by atoms with van der Waals surface area (Å²) in [5.41, 5.74) is 0. The van der Waals surface area contributed by atoms with Gasteiger partial charge in [0.25, 0.3) is 0 Å². The average Bonchev–Trinajstić information content (AvgIpc) is 3.19. The molecule has 0 rings (SSSR count). The van der Waals surface area contributed by atoms with Crippen LogP contribution in [0.2, 0.25) is 0 Å². The highest BCUT2D eigenvalue weighted by Gasteiger charge is 2.19. The predicted molar refractivity (Wildman–Crippen MR) is 238 cm³/mol. The molecule has 1 atom stereocenters. The highest BCUT2D eigenvalue weighted by atomic mass is 16.6. The fourth-order valence-electron chi connectivity index (χ4n) is 6.33. The van der Waals surface area contributed by atoms with Gasteiger partial charge in [-0.3, -0.25) is 14.4 Å². The van der Waals surface area contributed by atoms with E-state index >= 15 is 0 Å². The highest BCUT2D eigenvalue weighted by Crippen LogP contribution is 2.15. The summed E-state index contributed by atoms with van der Waals surface area (Å²) < 4.78 is 16.6. The summed E-state index contributed by atoms with van der Waals surface area (Å²) >= 11 is 0. The molecule has 1 unspecified atom stereocenters. The molecule has 56 heavy (non-hydrogen) atoms. The van der Waals surface area contributed by atoms with Crippen LogP contribution in [0.4, 0.5) is 0 Å². The zero-order chi connectivity index (χ0) is 40.8. The topological polar surface area (TPSA) is 78.9 Å². The van der Waals surface area contributed by atoms with E-state index in [1.807, 2.05) is 0 Å². The van der Waals surface area contributed by atoms with Gasteiger partial charge in [0.1, 0.15) is 13.2 Å². The first kappa shape index (κ1) is 53.1. The van der Waals surface area contributed by atoms with Crippen LogP contribution < -0.4 is 0 Å². The Hall–Kier alpha value is -2.89. The van der Waals surface area contributed by atoms with Crippen molar-refractivity contribution in [1.82, 2.24) is 0 Å². The van der Waals surface area contributed by atoms with Crippen LogP contribution in [0.5, 0.6) is 0 Å². The lowest BCUT2D eigenvalue weighted by Gasteiger charge is -2.18. The lowest BCUT2D eigenvalue weighted by molar-refractivity contribution is -0.167. The molecule has 6 heteroatoms. The summed E-state index contributed by atoms with van der Waals surface area (Å²) in [6.07, 6.45) is 53.8. The van der Waals surface area contributed by atoms with Gasteiger partial charge in [-0.2, -0.15) is 0 Å². The molecule has 0 aliphatic carbocycles. The molecule has 0 aromatic heterocycles. The Morgan fingerprint density at radius 2 is 0.714 bits per heavy atom. The Bertz CT molecular complexity index is 1040. The molecular formula is C50H86O6. The van der Waals surface area contributed by atoms with E-state index in [9.17, 15) is 14.4 Å². The van der Waals surface area contributed by atoms with Crippen LogP contribution in [0.25, 0.3) is 0 Å². The molecule has 0 aliphatic rings. The number of unbranched alkanes of at least 4 members (excludes halogenated alkanes) is 20. The Balaban J connectivity index is 4.33. The zero-order valence-corrected chi connectivity index (χ0v) is 36.6. The maximum atomic E-state index is 12.7. The zero-order valence-electron chi connectivity index (χ0n) is 36.6. The van der Waals surface area contributed by atoms with Gasteiger partial charge < -0.3 is 14.2 Å². The van der Waals surface area contributed by atoms with Crippen molar-refractivity contribution in [2.24, 2.45) is 0 Å². The standard InChI is InChI=1S/C50H86O6/c1-4-7-10-13-16-19-21-22-23-24-25-26-27-29-31-34-37-40-43-49(52)55-46-47(45-54-48(51)42-39-36-33-30-18-15-12-9-6-3)56-50(53)44-41-38-35-32-28-20-17-14-11-8-5-2/h8-9,11-12,17-18,20,30,32,35,47H,4-7,10,13-16,19,21-29,31,33-34,36-46H2,1-3H3/b11-8-,12-9-,20-17-,30-18-,35-32-. The van der Waals surface area contributed by atoms with Crippen molar-refractivity contribution in [3.8, 4) is 0 Å². The smallest absolute Gasteiger partial charge is 0.306 e. The van der Waals surface area contributed by atoms with E-state index in [1.54, 1.807) is 0 Å². The second-order valence-electron chi connectivity index (χ2n) is 15.3. The number of hydrogen-bond donors (Lipinski definition) is 0. The van der Waals surface area contributed by atoms with Crippen molar-refractivity contribution in [2.45, 2.75) is 226 Å². The lowest BCUT2D eigenvalue weighted by atomic mass is 10.0. The van der Waals surface area contributed by atoms with Crippen molar-refractivity contribution in [3.63, 3.8) is 0 Å². The molecule has 0 aliphatic heterocycles. The summed E-state index contributed by atoms with van der Waals surface area (Å²) in [5.74, 6) is -0.999. The molecule has 6 nitrogen and oxygen atoms in total. The van der Waals surface area contributed by atoms with Crippen LogP contribution in [-0.2, 0) is 28.6 Å². The van der Waals surface area contributed by atoms with Gasteiger partial charge in [0.05, 0.1) is 0 Å². The number of carbonyl (C=O) groups is 3. The molecule has 0 amide bonds. The maximum Gasteiger partial charge on any atom is 0.306 e. The van der Waals surface area contributed by atoms with Gasteiger partial charge in [-0.25, -0.2) is 0 Å². The summed E-state index contributed by atoms with van der Waals surface area (Å²) in [5, 5.41) is 0. The Labute approximate surface area is 345 Å². The van der Waals surface area contributed by atoms with Crippen molar-refractivity contribution >= 4 is 17.9 Å². The molecule has 0 bridgehead atoms. The van der Waals surface area contributed by atoms with E-state index in [2.05, 4.69) is 81.5 Å². The summed E-state index contributed by atoms with van der Waals surface area (Å²) in [7, 11) is 0. The van der Waals surface area contributed by atoms with Crippen molar-refractivity contribution in [1.29, 1.82) is 0 Å². The van der Waals surface area contributed by atoms with Gasteiger partial charge in [0, 0.05) is 19.3 Å². The third-order valence-corrected chi connectivity index (χ3v) is 9.77. The van der Waals surface area contributed by atoms with E-state index in [1.165, 1.54) is 96.3 Å². The maximum absolute atomic E-state index is 12.7. The number of carbonyl (C=O) groups excluding carboxylic acids is 3. The van der Waals surface area contributed by atoms with Crippen LogP contribution in [0, 0.1) is 0 Å². The van der Waals surface area contributed by atoms with Gasteiger partial charge in [-0.15, -0.1) is 0 Å². The van der Waals surface area contributed by atoms with Crippen LogP contribution in [-0.4, -0.2) is 37.2 Å². The normalized spacial score (nSPS) is 12.6. The predicted octanol–water partition coefficient (Wildman–Crippen LogP) is 14.9. The van der Waals surface area contributed by atoms with Gasteiger partial charge in [0.15, 0.2) is 6.10 Å². The van der Waals surface area contributed by atoms with Gasteiger partial charge in [-0.05, 0) is 70.6 Å². The molecule has 0 aromatic carbocycles. The van der Waals surface area contributed by atoms with Gasteiger partial charge >= 0.3 is 17.9 Å². The van der Waals surface area contributed by atoms with E-state index in [4.69, 9.17) is 14.2 Å². The first-order chi connectivity index (χ1) is 27.5. The first-order valence-electron chi connectivity index (χ1n) is 23.3. The average molecular weight is 783 g/mol. The van der Waals surface area contributed by atoms with Crippen molar-refractivity contribution in [2.75, 3.05) is 13.2 Å². The second kappa shape index (κ2) is 44.8. The number of rotatable bonds is 41. The van der Waals surface area contributed by atoms with Crippen molar-refractivity contribution in [3.05, 3.63) is 60.8 Å². The van der Waals surface area contributed by atoms with E-state index < -0.39 is 6.10 Å². The van der Waals surface area contributed by atoms with Crippen LogP contribution >= 0.6 is 0 Å². The van der Waals surface area contributed by atoms with Crippen LogP contribution in [0.3, 0.4) is 0 Å². The fraction of sp³-hybridized carbons (Fsp3) is 0.740. The summed E-state index contributed by atoms with van der Waals surface area (Å²) in [4.78, 5) is 37.6. The monoisotopic (exact) mass is 783 g/mol. The minimum atomic E-state index is -0.808. The number of allylic oxidation sites excluding steroid dienone is 10. The summed E-state index contributed by atoms with van der Waals surface area (Å²) in [6, 6.07) is 0. The lowest BCUT2D eigenvalue weighted by Crippen LogP contribution is -2.30. The Morgan fingerprint density at radius 3 is 1.14 bits per heavy atom. The van der Waals surface area contributed by atoms with Gasteiger partial charge in [-0.1, -0.05) is 191 Å². The third kappa shape index (κ3) is 42.3. The van der Waals surface area contributed by atoms with Crippen LogP contribution in [0.15, 0.2) is 60.8 Å². The summed E-state index contributed by atoms with van der Waals surface area (Å²) in [6.45, 7) is 6.31. The molecule has 0 saturated heterocycles. The van der Waals surface area contributed by atoms with Crippen LogP contribution in [0.1, 0.15) is 220 Å². The molecule has 0 aromatic rings. The fourth-order valence-corrected chi connectivity index (χ4v) is 6.33. The Morgan fingerprint density at radius 1 is 0.375 bits per heavy atom. The molecule has 0 spiro atoms. The van der Waals surface area contributed by atoms with E-state index in [-0.39, 0.29) is 37.5 Å². The molecule has 0 heterocycles. The SMILES string of the molecule is CC/C=C\C/C=C\C/C=C\CCCC(=O)OC(COC(=O)CCCC/C=C\C/C=C\CC)COC(=O)CCCCCCCCCCCCCCCCCCCC. The molecular weight excluding hydrogens is 697 g/mol. The molecule has 322 valence electrons. The first-order valence-corrected chi connectivity index (χ1v) is 23.3. The minimum Gasteiger partial charge on any atom is -0.462 e. The molecule has 0 saturated carbocycles. The van der Waals surface area contributed by atoms with E-state index in [0.29, 0.717) is 19.3 Å². The minimum absolute atomic E-state index is 0.103. The molecule has 0 N–H and O–H groups in total. The second-order valence-corrected chi connectivity index (χ2v) is 15.3.